The first-order valence-corrected chi connectivity index (χ1v) is 12.4. The van der Waals surface area contributed by atoms with Gasteiger partial charge in [0, 0.05) is 38.2 Å². The Kier molecular flexibility index (Phi) is 7.90. The summed E-state index contributed by atoms with van der Waals surface area (Å²) in [4.78, 5) is 14.4. The zero-order valence-corrected chi connectivity index (χ0v) is 22.0. The molecule has 1 unspecified atom stereocenters. The number of ether oxygens (including phenoxy) is 2. The molecule has 8 heteroatoms. The monoisotopic (exact) mass is 504 g/mol. The summed E-state index contributed by atoms with van der Waals surface area (Å²) >= 11 is 0. The van der Waals surface area contributed by atoms with Gasteiger partial charge in [-0.3, -0.25) is 9.69 Å². The summed E-state index contributed by atoms with van der Waals surface area (Å²) in [7, 11) is 3.25. The molecule has 1 aliphatic rings. The number of carbonyl (C=O) groups is 1. The standard InChI is InChI=1S/C29H36N4O4/c1-18-9-10-20(13-22(18)17-33-11-12-37-25-8-6-5-7-21(25)16-33)24(15-27(34)35)23-14-26(36-4)29(32(3)31)28(30)19(23)2/h5-10,13-14,24H,11-12,15-17,30-31H2,1-4H3,(H,34,35). The van der Waals surface area contributed by atoms with Crippen molar-refractivity contribution in [1.29, 1.82) is 0 Å². The summed E-state index contributed by atoms with van der Waals surface area (Å²) in [6, 6.07) is 16.2. The summed E-state index contributed by atoms with van der Waals surface area (Å²) < 4.78 is 11.5. The number of hydrazine groups is 1. The summed E-state index contributed by atoms with van der Waals surface area (Å²) in [6.07, 6.45) is -0.0747. The van der Waals surface area contributed by atoms with E-state index in [0.717, 1.165) is 53.2 Å². The Labute approximate surface area is 218 Å². The van der Waals surface area contributed by atoms with Crippen LogP contribution in [0.3, 0.4) is 0 Å². The third-order valence-electron chi connectivity index (χ3n) is 7.14. The number of benzene rings is 3. The number of aliphatic carboxylic acids is 1. The van der Waals surface area contributed by atoms with Gasteiger partial charge in [0.05, 0.1) is 19.2 Å². The molecule has 0 aliphatic carbocycles. The second-order valence-electron chi connectivity index (χ2n) is 9.67. The zero-order chi connectivity index (χ0) is 26.7. The molecule has 1 atom stereocenters. The van der Waals surface area contributed by atoms with Crippen LogP contribution in [0.5, 0.6) is 11.5 Å². The van der Waals surface area contributed by atoms with Gasteiger partial charge in [0.25, 0.3) is 0 Å². The van der Waals surface area contributed by atoms with E-state index in [4.69, 9.17) is 21.1 Å². The second kappa shape index (κ2) is 11.1. The molecule has 1 aliphatic heterocycles. The maximum Gasteiger partial charge on any atom is 0.304 e. The van der Waals surface area contributed by atoms with Crippen LogP contribution >= 0.6 is 0 Å². The summed E-state index contributed by atoms with van der Waals surface area (Å²) in [5.41, 5.74) is 13.5. The number of fused-ring (bicyclic) bond motifs is 1. The Balaban J connectivity index is 1.72. The molecule has 8 nitrogen and oxygen atoms in total. The van der Waals surface area contributed by atoms with E-state index in [-0.39, 0.29) is 6.42 Å². The van der Waals surface area contributed by atoms with E-state index in [0.29, 0.717) is 23.7 Å². The van der Waals surface area contributed by atoms with E-state index in [1.807, 2.05) is 37.3 Å². The largest absolute Gasteiger partial charge is 0.494 e. The number of nitrogens with zero attached hydrogens (tertiary/aromatic N) is 2. The molecule has 0 spiro atoms. The summed E-state index contributed by atoms with van der Waals surface area (Å²) in [5, 5.41) is 11.3. The van der Waals surface area contributed by atoms with E-state index in [1.165, 1.54) is 10.6 Å². The molecule has 0 aromatic heterocycles. The highest BCUT2D eigenvalue weighted by Gasteiger charge is 2.26. The third-order valence-corrected chi connectivity index (χ3v) is 7.14. The number of carboxylic acids is 1. The topological polar surface area (TPSA) is 114 Å². The van der Waals surface area contributed by atoms with Gasteiger partial charge < -0.3 is 25.3 Å². The molecule has 0 fully saturated rings. The Hall–Kier alpha value is -3.75. The lowest BCUT2D eigenvalue weighted by Crippen LogP contribution is -2.27. The number of para-hydroxylation sites is 1. The van der Waals surface area contributed by atoms with E-state index >= 15 is 0 Å². The number of nitrogen functional groups attached to an aromatic ring is 1. The van der Waals surface area contributed by atoms with Crippen molar-refractivity contribution in [2.24, 2.45) is 5.84 Å². The van der Waals surface area contributed by atoms with Crippen LogP contribution in [0.4, 0.5) is 11.4 Å². The van der Waals surface area contributed by atoms with E-state index in [2.05, 4.69) is 30.0 Å². The van der Waals surface area contributed by atoms with Gasteiger partial charge >= 0.3 is 5.97 Å². The van der Waals surface area contributed by atoms with Crippen molar-refractivity contribution in [3.8, 4) is 11.5 Å². The maximum atomic E-state index is 12.0. The van der Waals surface area contributed by atoms with Gasteiger partial charge in [-0.1, -0.05) is 36.4 Å². The first kappa shape index (κ1) is 26.3. The van der Waals surface area contributed by atoms with E-state index in [1.54, 1.807) is 14.2 Å². The molecule has 0 bridgehead atoms. The minimum Gasteiger partial charge on any atom is -0.494 e. The van der Waals surface area contributed by atoms with Gasteiger partial charge in [-0.15, -0.1) is 0 Å². The van der Waals surface area contributed by atoms with E-state index < -0.39 is 11.9 Å². The average molecular weight is 505 g/mol. The van der Waals surface area contributed by atoms with Gasteiger partial charge in [0.15, 0.2) is 0 Å². The van der Waals surface area contributed by atoms with Crippen LogP contribution in [0.1, 0.15) is 45.7 Å². The quantitative estimate of drug-likeness (QED) is 0.238. The number of hydrogen-bond donors (Lipinski definition) is 3. The Morgan fingerprint density at radius 2 is 1.97 bits per heavy atom. The van der Waals surface area contributed by atoms with Gasteiger partial charge in [0.1, 0.15) is 23.8 Å². The first-order chi connectivity index (χ1) is 17.7. The smallest absolute Gasteiger partial charge is 0.304 e. The lowest BCUT2D eigenvalue weighted by atomic mass is 9.83. The molecule has 1 heterocycles. The fourth-order valence-electron chi connectivity index (χ4n) is 5.08. The number of aryl methyl sites for hydroxylation is 1. The minimum absolute atomic E-state index is 0.0747. The van der Waals surface area contributed by atoms with E-state index in [9.17, 15) is 9.90 Å². The van der Waals surface area contributed by atoms with Crippen molar-refractivity contribution >= 4 is 17.3 Å². The highest BCUT2D eigenvalue weighted by atomic mass is 16.5. The van der Waals surface area contributed by atoms with Gasteiger partial charge in [-0.2, -0.15) is 0 Å². The number of carboxylic acid groups (broad SMARTS) is 1. The summed E-state index contributed by atoms with van der Waals surface area (Å²) in [5.74, 6) is 6.17. The number of methoxy groups -OCH3 is 1. The molecule has 0 amide bonds. The van der Waals surface area contributed by atoms with Crippen LogP contribution in [-0.2, 0) is 17.9 Å². The molecule has 5 N–H and O–H groups in total. The molecule has 196 valence electrons. The molecular weight excluding hydrogens is 468 g/mol. The highest BCUT2D eigenvalue weighted by Crippen LogP contribution is 2.42. The Bertz CT molecular complexity index is 1290. The minimum atomic E-state index is -0.884. The van der Waals surface area contributed by atoms with Crippen molar-refractivity contribution in [3.05, 3.63) is 81.9 Å². The average Bonchev–Trinajstić information content (AvgIpc) is 3.07. The number of hydrogen-bond acceptors (Lipinski definition) is 7. The molecule has 3 aromatic carbocycles. The number of rotatable bonds is 8. The van der Waals surface area contributed by atoms with Gasteiger partial charge in [0.2, 0.25) is 0 Å². The molecule has 0 saturated carbocycles. The van der Waals surface area contributed by atoms with Crippen molar-refractivity contribution in [2.75, 3.05) is 38.1 Å². The van der Waals surface area contributed by atoms with Crippen LogP contribution < -0.4 is 26.1 Å². The third kappa shape index (κ3) is 5.65. The number of anilines is 2. The molecule has 0 saturated heterocycles. The van der Waals surface area contributed by atoms with Crippen LogP contribution in [0.25, 0.3) is 0 Å². The SMILES string of the molecule is COc1cc(C(CC(=O)O)c2ccc(C)c(CN3CCOc4ccccc4C3)c2)c(C)c(N)c1N(C)N. The van der Waals surface area contributed by atoms with Crippen molar-refractivity contribution < 1.29 is 19.4 Å². The molecule has 0 radical (unpaired) electrons. The lowest BCUT2D eigenvalue weighted by molar-refractivity contribution is -0.137. The predicted octanol–water partition coefficient (Wildman–Crippen LogP) is 4.21. The second-order valence-corrected chi connectivity index (χ2v) is 9.67. The van der Waals surface area contributed by atoms with Crippen molar-refractivity contribution in [1.82, 2.24) is 4.90 Å². The van der Waals surface area contributed by atoms with Crippen LogP contribution in [-0.4, -0.2) is 43.3 Å². The fraction of sp³-hybridized carbons (Fsp3) is 0.345. The van der Waals surface area contributed by atoms with Crippen LogP contribution in [0.15, 0.2) is 48.5 Å². The normalized spacial score (nSPS) is 14.3. The van der Waals surface area contributed by atoms with Crippen molar-refractivity contribution in [3.63, 3.8) is 0 Å². The first-order valence-electron chi connectivity index (χ1n) is 12.4. The maximum absolute atomic E-state index is 12.0. The lowest BCUT2D eigenvalue weighted by Gasteiger charge is -2.26. The van der Waals surface area contributed by atoms with Gasteiger partial charge in [-0.25, -0.2) is 5.84 Å². The fourth-order valence-corrected chi connectivity index (χ4v) is 5.08. The molecular formula is C29H36N4O4. The molecule has 4 rings (SSSR count). The molecule has 37 heavy (non-hydrogen) atoms. The predicted molar refractivity (Wildman–Crippen MR) is 146 cm³/mol. The molecule has 3 aromatic rings. The zero-order valence-electron chi connectivity index (χ0n) is 22.0. The van der Waals surface area contributed by atoms with Crippen molar-refractivity contribution in [2.45, 2.75) is 39.3 Å². The highest BCUT2D eigenvalue weighted by molar-refractivity contribution is 5.80. The number of nitrogens with two attached hydrogens (primary N) is 2. The Morgan fingerprint density at radius 1 is 1.22 bits per heavy atom. The van der Waals surface area contributed by atoms with Crippen LogP contribution in [0.2, 0.25) is 0 Å². The van der Waals surface area contributed by atoms with Gasteiger partial charge in [-0.05, 0) is 53.8 Å². The van der Waals surface area contributed by atoms with Crippen LogP contribution in [0, 0.1) is 13.8 Å². The summed E-state index contributed by atoms with van der Waals surface area (Å²) in [6.45, 7) is 6.94. The Morgan fingerprint density at radius 3 is 2.68 bits per heavy atom.